The molecule has 0 aromatic heterocycles. The summed E-state index contributed by atoms with van der Waals surface area (Å²) < 4.78 is 4.52. The fourth-order valence-electron chi connectivity index (χ4n) is 0.558. The Kier molecular flexibility index (Phi) is 2.92. The van der Waals surface area contributed by atoms with Crippen molar-refractivity contribution in [3.05, 3.63) is 23.3 Å². The molecule has 0 radical (unpaired) electrons. The van der Waals surface area contributed by atoms with E-state index in [1.165, 1.54) is 18.9 Å². The van der Waals surface area contributed by atoms with Crippen LogP contribution in [0.4, 0.5) is 0 Å². The summed E-state index contributed by atoms with van der Waals surface area (Å²) in [5.74, 6) is -0.326. The number of carbonyl (C=O) groups excluding carboxylic acids is 1. The SMILES string of the molecule is COC(=O)C1=CC=CN=CS1. The first kappa shape index (κ1) is 8.07. The lowest BCUT2D eigenvalue weighted by Crippen LogP contribution is -2.00. The third-order valence-corrected chi connectivity index (χ3v) is 1.83. The van der Waals surface area contributed by atoms with Gasteiger partial charge in [0.2, 0.25) is 0 Å². The molecule has 0 aromatic rings. The van der Waals surface area contributed by atoms with Crippen LogP contribution in [-0.2, 0) is 9.53 Å². The fraction of sp³-hybridized carbons (Fsp3) is 0.143. The molecule has 4 heteroatoms. The van der Waals surface area contributed by atoms with Crippen molar-refractivity contribution >= 4 is 23.3 Å². The normalized spacial score (nSPS) is 15.5. The van der Waals surface area contributed by atoms with E-state index in [0.717, 1.165) is 0 Å². The molecule has 0 spiro atoms. The van der Waals surface area contributed by atoms with E-state index in [1.54, 1.807) is 23.9 Å². The maximum Gasteiger partial charge on any atom is 0.344 e. The molecule has 0 bridgehead atoms. The first-order chi connectivity index (χ1) is 5.34. The molecular formula is C7H7NO2S. The number of allylic oxidation sites excluding steroid dienone is 2. The number of nitrogens with zero attached hydrogens (tertiary/aromatic N) is 1. The molecule has 11 heavy (non-hydrogen) atoms. The van der Waals surface area contributed by atoms with Crippen molar-refractivity contribution in [2.24, 2.45) is 4.99 Å². The van der Waals surface area contributed by atoms with E-state index in [0.29, 0.717) is 4.91 Å². The lowest BCUT2D eigenvalue weighted by molar-refractivity contribution is -0.135. The Morgan fingerprint density at radius 2 is 2.55 bits per heavy atom. The van der Waals surface area contributed by atoms with Crippen molar-refractivity contribution in [3.8, 4) is 0 Å². The van der Waals surface area contributed by atoms with Crippen LogP contribution in [0.15, 0.2) is 28.2 Å². The Morgan fingerprint density at radius 1 is 1.73 bits per heavy atom. The van der Waals surface area contributed by atoms with Crippen LogP contribution >= 0.6 is 11.8 Å². The molecule has 0 atom stereocenters. The van der Waals surface area contributed by atoms with Gasteiger partial charge in [0.05, 0.1) is 17.6 Å². The topological polar surface area (TPSA) is 38.7 Å². The first-order valence-electron chi connectivity index (χ1n) is 2.98. The highest BCUT2D eigenvalue weighted by molar-refractivity contribution is 8.16. The monoisotopic (exact) mass is 169 g/mol. The van der Waals surface area contributed by atoms with Crippen molar-refractivity contribution in [2.75, 3.05) is 7.11 Å². The van der Waals surface area contributed by atoms with Gasteiger partial charge in [-0.3, -0.25) is 4.99 Å². The number of carbonyl (C=O) groups is 1. The number of hydrogen-bond acceptors (Lipinski definition) is 4. The second-order valence-corrected chi connectivity index (χ2v) is 2.62. The summed E-state index contributed by atoms with van der Waals surface area (Å²) in [4.78, 5) is 15.3. The largest absolute Gasteiger partial charge is 0.465 e. The molecule has 0 N–H and O–H groups in total. The molecule has 0 unspecified atom stereocenters. The number of hydrogen-bond donors (Lipinski definition) is 0. The standard InChI is InChI=1S/C7H7NO2S/c1-10-7(9)6-3-2-4-8-5-11-6/h2-5H,1H3. The molecule has 0 fully saturated rings. The minimum Gasteiger partial charge on any atom is -0.465 e. The van der Waals surface area contributed by atoms with Crippen molar-refractivity contribution in [1.29, 1.82) is 0 Å². The maximum atomic E-state index is 10.9. The molecule has 0 aliphatic carbocycles. The van der Waals surface area contributed by atoms with E-state index < -0.39 is 0 Å². The number of ether oxygens (including phenoxy) is 1. The van der Waals surface area contributed by atoms with Gasteiger partial charge in [-0.15, -0.1) is 0 Å². The molecule has 0 aromatic carbocycles. The van der Waals surface area contributed by atoms with Crippen molar-refractivity contribution in [3.63, 3.8) is 0 Å². The van der Waals surface area contributed by atoms with E-state index in [9.17, 15) is 4.79 Å². The van der Waals surface area contributed by atoms with Gasteiger partial charge in [0, 0.05) is 6.20 Å². The van der Waals surface area contributed by atoms with E-state index in [-0.39, 0.29) is 5.97 Å². The van der Waals surface area contributed by atoms with E-state index in [2.05, 4.69) is 9.73 Å². The van der Waals surface area contributed by atoms with Gasteiger partial charge in [-0.25, -0.2) is 4.79 Å². The smallest absolute Gasteiger partial charge is 0.344 e. The van der Waals surface area contributed by atoms with Crippen LogP contribution in [0.25, 0.3) is 0 Å². The van der Waals surface area contributed by atoms with Crippen molar-refractivity contribution < 1.29 is 9.53 Å². The third kappa shape index (κ3) is 2.23. The second-order valence-electron chi connectivity index (χ2n) is 1.74. The van der Waals surface area contributed by atoms with Gasteiger partial charge < -0.3 is 4.74 Å². The summed E-state index contributed by atoms with van der Waals surface area (Å²) in [6, 6.07) is 0. The number of methoxy groups -OCH3 is 1. The van der Waals surface area contributed by atoms with Gasteiger partial charge in [0.25, 0.3) is 0 Å². The van der Waals surface area contributed by atoms with E-state index >= 15 is 0 Å². The summed E-state index contributed by atoms with van der Waals surface area (Å²) in [5, 5.41) is 0. The van der Waals surface area contributed by atoms with Crippen LogP contribution < -0.4 is 0 Å². The highest BCUT2D eigenvalue weighted by Crippen LogP contribution is 2.16. The predicted molar refractivity (Wildman–Crippen MR) is 45.3 cm³/mol. The molecule has 0 saturated heterocycles. The minimum atomic E-state index is -0.326. The second kappa shape index (κ2) is 3.98. The van der Waals surface area contributed by atoms with E-state index in [1.807, 2.05) is 0 Å². The molecule has 58 valence electrons. The average Bonchev–Trinajstić information content (AvgIpc) is 2.30. The van der Waals surface area contributed by atoms with Crippen LogP contribution in [0, 0.1) is 0 Å². The number of esters is 1. The lowest BCUT2D eigenvalue weighted by atomic mass is 10.5. The Balaban J connectivity index is 2.72. The van der Waals surface area contributed by atoms with Crippen LogP contribution in [0.2, 0.25) is 0 Å². The van der Waals surface area contributed by atoms with Gasteiger partial charge in [0.1, 0.15) is 0 Å². The van der Waals surface area contributed by atoms with Crippen LogP contribution in [-0.4, -0.2) is 18.6 Å². The molecule has 1 aliphatic heterocycles. The summed E-state index contributed by atoms with van der Waals surface area (Å²) >= 11 is 1.25. The predicted octanol–water partition coefficient (Wildman–Crippen LogP) is 1.33. The van der Waals surface area contributed by atoms with Gasteiger partial charge in [0.15, 0.2) is 0 Å². The van der Waals surface area contributed by atoms with Crippen molar-refractivity contribution in [1.82, 2.24) is 0 Å². The molecule has 3 nitrogen and oxygen atoms in total. The van der Waals surface area contributed by atoms with Crippen LogP contribution in [0.1, 0.15) is 0 Å². The van der Waals surface area contributed by atoms with Crippen molar-refractivity contribution in [2.45, 2.75) is 0 Å². The summed E-state index contributed by atoms with van der Waals surface area (Å²) in [6.45, 7) is 0. The van der Waals surface area contributed by atoms with Gasteiger partial charge in [-0.05, 0) is 12.2 Å². The zero-order chi connectivity index (χ0) is 8.10. The third-order valence-electron chi connectivity index (χ3n) is 1.05. The minimum absolute atomic E-state index is 0.326. The van der Waals surface area contributed by atoms with Crippen LogP contribution in [0.3, 0.4) is 0 Å². The van der Waals surface area contributed by atoms with Gasteiger partial charge in [-0.2, -0.15) is 0 Å². The highest BCUT2D eigenvalue weighted by Gasteiger charge is 2.08. The zero-order valence-corrected chi connectivity index (χ0v) is 6.80. The summed E-state index contributed by atoms with van der Waals surface area (Å²) in [6.07, 6.45) is 4.98. The Labute approximate surface area is 68.8 Å². The molecule has 0 amide bonds. The summed E-state index contributed by atoms with van der Waals surface area (Å²) in [5.41, 5.74) is 1.59. The Morgan fingerprint density at radius 3 is 3.27 bits per heavy atom. The first-order valence-corrected chi connectivity index (χ1v) is 3.86. The highest BCUT2D eigenvalue weighted by atomic mass is 32.2. The lowest BCUT2D eigenvalue weighted by Gasteiger charge is -1.97. The zero-order valence-electron chi connectivity index (χ0n) is 5.98. The number of rotatable bonds is 1. The molecule has 1 heterocycles. The van der Waals surface area contributed by atoms with Gasteiger partial charge >= 0.3 is 5.97 Å². The number of thioether (sulfide) groups is 1. The fourth-order valence-corrected chi connectivity index (χ4v) is 1.14. The Hall–Kier alpha value is -1.03. The Bertz CT molecular complexity index is 243. The maximum absolute atomic E-state index is 10.9. The number of aliphatic imine (C=N–C) groups is 1. The molecule has 1 rings (SSSR count). The van der Waals surface area contributed by atoms with E-state index in [4.69, 9.17) is 0 Å². The molecule has 0 saturated carbocycles. The molecule has 1 aliphatic rings. The molecular weight excluding hydrogens is 162 g/mol. The quantitative estimate of drug-likeness (QED) is 0.556. The van der Waals surface area contributed by atoms with Gasteiger partial charge in [-0.1, -0.05) is 11.8 Å². The average molecular weight is 169 g/mol. The van der Waals surface area contributed by atoms with Crippen LogP contribution in [0.5, 0.6) is 0 Å². The summed E-state index contributed by atoms with van der Waals surface area (Å²) in [7, 11) is 1.36.